The lowest BCUT2D eigenvalue weighted by molar-refractivity contribution is -0.136. The number of piperidine rings is 1. The molecule has 1 aliphatic heterocycles. The summed E-state index contributed by atoms with van der Waals surface area (Å²) in [7, 11) is 0. The van der Waals surface area contributed by atoms with E-state index in [-0.39, 0.29) is 6.04 Å². The van der Waals surface area contributed by atoms with Crippen LogP contribution in [0, 0.1) is 0 Å². The molecule has 1 saturated carbocycles. The maximum absolute atomic E-state index is 12.4. The topological polar surface area (TPSA) is 45.2 Å². The first-order valence-electron chi connectivity index (χ1n) is 7.26. The number of hydrogen-bond donors (Lipinski definition) is 1. The van der Waals surface area contributed by atoms with Crippen LogP contribution in [0.3, 0.4) is 0 Å². The molecular formula is C15H21N3O. The van der Waals surface area contributed by atoms with E-state index >= 15 is 0 Å². The molecule has 4 heteroatoms. The molecule has 1 amide bonds. The Bertz CT molecular complexity index is 430. The van der Waals surface area contributed by atoms with Crippen molar-refractivity contribution < 1.29 is 4.79 Å². The van der Waals surface area contributed by atoms with Crippen molar-refractivity contribution in [3.63, 3.8) is 0 Å². The summed E-state index contributed by atoms with van der Waals surface area (Å²) < 4.78 is 0. The number of nitrogens with zero attached hydrogens (tertiary/aromatic N) is 2. The van der Waals surface area contributed by atoms with E-state index in [1.807, 2.05) is 17.2 Å². The smallest absolute Gasteiger partial charge is 0.239 e. The Kier molecular flexibility index (Phi) is 3.78. The van der Waals surface area contributed by atoms with Crippen LogP contribution >= 0.6 is 0 Å². The summed E-state index contributed by atoms with van der Waals surface area (Å²) in [5, 5.41) is 3.47. The van der Waals surface area contributed by atoms with Crippen LogP contribution < -0.4 is 5.32 Å². The van der Waals surface area contributed by atoms with E-state index in [0.29, 0.717) is 11.9 Å². The molecule has 2 fully saturated rings. The molecule has 19 heavy (non-hydrogen) atoms. The summed E-state index contributed by atoms with van der Waals surface area (Å²) in [5.41, 5.74) is 1.20. The third kappa shape index (κ3) is 3.32. The van der Waals surface area contributed by atoms with Gasteiger partial charge in [-0.05, 0) is 43.7 Å². The number of amides is 1. The summed E-state index contributed by atoms with van der Waals surface area (Å²) in [6, 6.07) is 4.69. The number of hydrogen-bond acceptors (Lipinski definition) is 3. The minimum absolute atomic E-state index is 0.0650. The molecule has 0 radical (unpaired) electrons. The van der Waals surface area contributed by atoms with Crippen molar-refractivity contribution in [2.24, 2.45) is 0 Å². The molecule has 1 N–H and O–H groups in total. The van der Waals surface area contributed by atoms with Gasteiger partial charge in [0.1, 0.15) is 0 Å². The van der Waals surface area contributed by atoms with Crippen LogP contribution in [0.2, 0.25) is 0 Å². The molecule has 1 unspecified atom stereocenters. The molecule has 2 heterocycles. The second-order valence-corrected chi connectivity index (χ2v) is 5.57. The highest BCUT2D eigenvalue weighted by Crippen LogP contribution is 2.22. The van der Waals surface area contributed by atoms with Crippen molar-refractivity contribution in [3.8, 4) is 0 Å². The summed E-state index contributed by atoms with van der Waals surface area (Å²) in [6.45, 7) is 1.72. The molecule has 0 bridgehead atoms. The maximum Gasteiger partial charge on any atom is 0.239 e. The minimum Gasteiger partial charge on any atom is -0.341 e. The van der Waals surface area contributed by atoms with Gasteiger partial charge in [0.05, 0.1) is 6.04 Å². The van der Waals surface area contributed by atoms with Crippen LogP contribution in [0.25, 0.3) is 0 Å². The molecule has 1 atom stereocenters. The fourth-order valence-electron chi connectivity index (χ4n) is 2.66. The van der Waals surface area contributed by atoms with E-state index in [9.17, 15) is 4.79 Å². The van der Waals surface area contributed by atoms with Crippen LogP contribution in [0.5, 0.6) is 0 Å². The van der Waals surface area contributed by atoms with E-state index in [1.165, 1.54) is 18.4 Å². The van der Waals surface area contributed by atoms with E-state index in [4.69, 9.17) is 0 Å². The maximum atomic E-state index is 12.4. The van der Waals surface area contributed by atoms with Gasteiger partial charge in [-0.1, -0.05) is 6.07 Å². The SMILES string of the molecule is O=C1C(NC2CC2)CCCN1CCc1cccnc1. The Hall–Kier alpha value is -1.42. The van der Waals surface area contributed by atoms with Gasteiger partial charge in [-0.3, -0.25) is 9.78 Å². The van der Waals surface area contributed by atoms with Crippen molar-refractivity contribution in [1.29, 1.82) is 0 Å². The van der Waals surface area contributed by atoms with Crippen molar-refractivity contribution in [2.45, 2.75) is 44.2 Å². The first-order valence-corrected chi connectivity index (χ1v) is 7.26. The molecule has 3 rings (SSSR count). The normalized spacial score (nSPS) is 23.7. The number of pyridine rings is 1. The summed E-state index contributed by atoms with van der Waals surface area (Å²) >= 11 is 0. The van der Waals surface area contributed by atoms with Crippen LogP contribution in [0.1, 0.15) is 31.2 Å². The van der Waals surface area contributed by atoms with Crippen molar-refractivity contribution in [1.82, 2.24) is 15.2 Å². The fourth-order valence-corrected chi connectivity index (χ4v) is 2.66. The molecule has 1 saturated heterocycles. The third-order valence-electron chi connectivity index (χ3n) is 3.94. The lowest BCUT2D eigenvalue weighted by Crippen LogP contribution is -2.51. The molecule has 1 aliphatic carbocycles. The lowest BCUT2D eigenvalue weighted by Gasteiger charge is -2.33. The van der Waals surface area contributed by atoms with Crippen LogP contribution in [-0.2, 0) is 11.2 Å². The van der Waals surface area contributed by atoms with Gasteiger partial charge in [-0.25, -0.2) is 0 Å². The Morgan fingerprint density at radius 1 is 1.37 bits per heavy atom. The zero-order valence-electron chi connectivity index (χ0n) is 11.2. The van der Waals surface area contributed by atoms with E-state index < -0.39 is 0 Å². The van der Waals surface area contributed by atoms with Crippen LogP contribution in [-0.4, -0.2) is 41.0 Å². The monoisotopic (exact) mass is 259 g/mol. The zero-order valence-corrected chi connectivity index (χ0v) is 11.2. The van der Waals surface area contributed by atoms with E-state index in [2.05, 4.69) is 16.4 Å². The predicted octanol–water partition coefficient (Wildman–Crippen LogP) is 1.37. The van der Waals surface area contributed by atoms with Gasteiger partial charge >= 0.3 is 0 Å². The Morgan fingerprint density at radius 3 is 3.00 bits per heavy atom. The average Bonchev–Trinajstić information content (AvgIpc) is 3.25. The van der Waals surface area contributed by atoms with Gasteiger partial charge in [-0.2, -0.15) is 0 Å². The van der Waals surface area contributed by atoms with Crippen molar-refractivity contribution in [3.05, 3.63) is 30.1 Å². The second-order valence-electron chi connectivity index (χ2n) is 5.57. The molecule has 2 aliphatic rings. The number of carbonyl (C=O) groups is 1. The first kappa shape index (κ1) is 12.6. The molecule has 1 aromatic heterocycles. The first-order chi connectivity index (χ1) is 9.33. The fraction of sp³-hybridized carbons (Fsp3) is 0.600. The quantitative estimate of drug-likeness (QED) is 0.868. The number of aromatic nitrogens is 1. The highest BCUT2D eigenvalue weighted by molar-refractivity contribution is 5.82. The standard InChI is InChI=1S/C15H21N3O/c19-15-14(17-13-5-6-13)4-2-9-18(15)10-7-12-3-1-8-16-11-12/h1,3,8,11,13-14,17H,2,4-7,9-10H2. The average molecular weight is 259 g/mol. The minimum atomic E-state index is 0.0650. The lowest BCUT2D eigenvalue weighted by atomic mass is 10.0. The van der Waals surface area contributed by atoms with E-state index in [1.54, 1.807) is 6.20 Å². The molecule has 1 aromatic rings. The third-order valence-corrected chi connectivity index (χ3v) is 3.94. The van der Waals surface area contributed by atoms with Gasteiger partial charge in [-0.15, -0.1) is 0 Å². The number of rotatable bonds is 5. The largest absolute Gasteiger partial charge is 0.341 e. The van der Waals surface area contributed by atoms with Gasteiger partial charge in [0.15, 0.2) is 0 Å². The van der Waals surface area contributed by atoms with Crippen molar-refractivity contribution >= 4 is 5.91 Å². The summed E-state index contributed by atoms with van der Waals surface area (Å²) in [6.07, 6.45) is 9.15. The molecule has 102 valence electrons. The molecule has 4 nitrogen and oxygen atoms in total. The Labute approximate surface area is 114 Å². The van der Waals surface area contributed by atoms with Gasteiger partial charge in [0.25, 0.3) is 0 Å². The highest BCUT2D eigenvalue weighted by Gasteiger charge is 2.32. The van der Waals surface area contributed by atoms with Gasteiger partial charge in [0.2, 0.25) is 5.91 Å². The van der Waals surface area contributed by atoms with Gasteiger partial charge < -0.3 is 10.2 Å². The van der Waals surface area contributed by atoms with Crippen molar-refractivity contribution in [2.75, 3.05) is 13.1 Å². The van der Waals surface area contributed by atoms with Crippen LogP contribution in [0.4, 0.5) is 0 Å². The highest BCUT2D eigenvalue weighted by atomic mass is 16.2. The molecule has 0 aromatic carbocycles. The second kappa shape index (κ2) is 5.70. The summed E-state index contributed by atoms with van der Waals surface area (Å²) in [4.78, 5) is 18.5. The number of carbonyl (C=O) groups excluding carboxylic acids is 1. The Morgan fingerprint density at radius 2 is 2.26 bits per heavy atom. The van der Waals surface area contributed by atoms with Crippen LogP contribution in [0.15, 0.2) is 24.5 Å². The Balaban J connectivity index is 1.53. The predicted molar refractivity (Wildman–Crippen MR) is 73.7 cm³/mol. The molecular weight excluding hydrogens is 238 g/mol. The zero-order chi connectivity index (χ0) is 13.1. The van der Waals surface area contributed by atoms with Gasteiger partial charge in [0, 0.05) is 31.5 Å². The van der Waals surface area contributed by atoms with E-state index in [0.717, 1.165) is 32.4 Å². The molecule has 0 spiro atoms. The number of likely N-dealkylation sites (tertiary alicyclic amines) is 1. The summed E-state index contributed by atoms with van der Waals surface area (Å²) in [5.74, 6) is 0.294. The number of nitrogens with one attached hydrogen (secondary N) is 1.